The number of nitrogens with one attached hydrogen (secondary N) is 2. The first-order chi connectivity index (χ1) is 6.27. The van der Waals surface area contributed by atoms with Crippen molar-refractivity contribution in [1.29, 1.82) is 0 Å². The van der Waals surface area contributed by atoms with Gasteiger partial charge in [0.25, 0.3) is 0 Å². The van der Waals surface area contributed by atoms with Gasteiger partial charge in [0.1, 0.15) is 5.69 Å². The van der Waals surface area contributed by atoms with Gasteiger partial charge in [0.2, 0.25) is 0 Å². The quantitative estimate of drug-likeness (QED) is 0.709. The number of halogens is 1. The monoisotopic (exact) mass is 196 g/mol. The molecule has 0 fully saturated rings. The van der Waals surface area contributed by atoms with Gasteiger partial charge in [-0.3, -0.25) is 9.97 Å². The van der Waals surface area contributed by atoms with Crippen LogP contribution in [0, 0.1) is 0 Å². The fraction of sp³-hybridized carbons (Fsp3) is 0. The van der Waals surface area contributed by atoms with E-state index in [1.54, 1.807) is 18.3 Å². The number of nitrogens with zero attached hydrogens (tertiary/aromatic N) is 2. The summed E-state index contributed by atoms with van der Waals surface area (Å²) in [6, 6.07) is 3.38. The summed E-state index contributed by atoms with van der Waals surface area (Å²) < 4.78 is 0. The molecule has 0 unspecified atom stereocenters. The molecule has 13 heavy (non-hydrogen) atoms. The topological polar surface area (TPSA) is 74.4 Å². The molecule has 2 aromatic heterocycles. The van der Waals surface area contributed by atoms with Crippen LogP contribution >= 0.6 is 11.6 Å². The van der Waals surface area contributed by atoms with E-state index in [2.05, 4.69) is 20.2 Å². The van der Waals surface area contributed by atoms with Gasteiger partial charge in [-0.1, -0.05) is 11.6 Å². The Bertz CT molecular complexity index is 475. The standard InChI is InChI=1S/C7H5ClN4O/c8-4-2-1-3-9-5(4)6-10-7(13)12-11-6/h1-3H,(H2,10,11,12,13). The molecule has 5 nitrogen and oxygen atoms in total. The maximum absolute atomic E-state index is 10.7. The molecular weight excluding hydrogens is 192 g/mol. The number of hydrogen-bond donors (Lipinski definition) is 2. The van der Waals surface area contributed by atoms with Crippen molar-refractivity contribution in [2.45, 2.75) is 0 Å². The van der Waals surface area contributed by atoms with Crippen LogP contribution in [0.1, 0.15) is 0 Å². The minimum absolute atomic E-state index is 0.343. The van der Waals surface area contributed by atoms with E-state index in [0.717, 1.165) is 0 Å². The summed E-state index contributed by atoms with van der Waals surface area (Å²) in [6.45, 7) is 0. The molecule has 2 heterocycles. The van der Waals surface area contributed by atoms with Gasteiger partial charge >= 0.3 is 5.69 Å². The Labute approximate surface area is 77.8 Å². The van der Waals surface area contributed by atoms with Crippen LogP contribution in [-0.4, -0.2) is 20.2 Å². The van der Waals surface area contributed by atoms with Crippen LogP contribution in [0.5, 0.6) is 0 Å². The van der Waals surface area contributed by atoms with Crippen molar-refractivity contribution in [3.63, 3.8) is 0 Å². The Hall–Kier alpha value is -1.62. The molecule has 0 amide bonds. The van der Waals surface area contributed by atoms with Crippen molar-refractivity contribution in [1.82, 2.24) is 20.2 Å². The maximum atomic E-state index is 10.7. The number of rotatable bonds is 1. The van der Waals surface area contributed by atoms with Gasteiger partial charge in [-0.2, -0.15) is 5.10 Å². The summed E-state index contributed by atoms with van der Waals surface area (Å²) in [5, 5.41) is 6.39. The van der Waals surface area contributed by atoms with Gasteiger partial charge in [0, 0.05) is 6.20 Å². The third kappa shape index (κ3) is 1.46. The molecule has 0 aromatic carbocycles. The molecule has 0 radical (unpaired) electrons. The van der Waals surface area contributed by atoms with E-state index >= 15 is 0 Å². The zero-order valence-electron chi connectivity index (χ0n) is 6.41. The van der Waals surface area contributed by atoms with Crippen LogP contribution in [0.4, 0.5) is 0 Å². The molecule has 2 rings (SSSR count). The highest BCUT2D eigenvalue weighted by Crippen LogP contribution is 2.19. The Morgan fingerprint density at radius 1 is 1.46 bits per heavy atom. The molecule has 0 aliphatic heterocycles. The third-order valence-electron chi connectivity index (χ3n) is 1.48. The fourth-order valence-corrected chi connectivity index (χ4v) is 1.15. The summed E-state index contributed by atoms with van der Waals surface area (Å²) in [5.41, 5.74) is 0.0826. The molecule has 0 spiro atoms. The van der Waals surface area contributed by atoms with E-state index in [4.69, 9.17) is 11.6 Å². The maximum Gasteiger partial charge on any atom is 0.340 e. The second-order valence-corrected chi connectivity index (χ2v) is 2.77. The number of H-pyrrole nitrogens is 2. The van der Waals surface area contributed by atoms with Gasteiger partial charge in [0.05, 0.1) is 5.02 Å². The minimum Gasteiger partial charge on any atom is -0.288 e. The molecule has 2 N–H and O–H groups in total. The Kier molecular flexibility index (Phi) is 1.86. The van der Waals surface area contributed by atoms with Crippen LogP contribution in [0.3, 0.4) is 0 Å². The molecule has 0 bridgehead atoms. The molecule has 0 aliphatic rings. The minimum atomic E-state index is -0.378. The van der Waals surface area contributed by atoms with Gasteiger partial charge in [0.15, 0.2) is 5.82 Å². The second-order valence-electron chi connectivity index (χ2n) is 2.36. The summed E-state index contributed by atoms with van der Waals surface area (Å²) in [5.74, 6) is 0.343. The molecule has 66 valence electrons. The third-order valence-corrected chi connectivity index (χ3v) is 1.79. The van der Waals surface area contributed by atoms with E-state index < -0.39 is 0 Å². The molecule has 0 atom stereocenters. The Morgan fingerprint density at radius 3 is 2.92 bits per heavy atom. The zero-order chi connectivity index (χ0) is 9.26. The first kappa shape index (κ1) is 8.00. The zero-order valence-corrected chi connectivity index (χ0v) is 7.17. The van der Waals surface area contributed by atoms with Gasteiger partial charge in [-0.25, -0.2) is 9.89 Å². The fourth-order valence-electron chi connectivity index (χ4n) is 0.942. The van der Waals surface area contributed by atoms with Crippen LogP contribution in [0.2, 0.25) is 5.02 Å². The highest BCUT2D eigenvalue weighted by atomic mass is 35.5. The van der Waals surface area contributed by atoms with Gasteiger partial charge in [-0.05, 0) is 12.1 Å². The Balaban J connectivity index is 2.58. The van der Waals surface area contributed by atoms with Crippen LogP contribution in [-0.2, 0) is 0 Å². The average molecular weight is 197 g/mol. The summed E-state index contributed by atoms with van der Waals surface area (Å²) in [7, 11) is 0. The van der Waals surface area contributed by atoms with Crippen molar-refractivity contribution in [3.8, 4) is 11.5 Å². The van der Waals surface area contributed by atoms with Crippen molar-refractivity contribution >= 4 is 11.6 Å². The van der Waals surface area contributed by atoms with E-state index in [-0.39, 0.29) is 5.69 Å². The smallest absolute Gasteiger partial charge is 0.288 e. The van der Waals surface area contributed by atoms with Crippen LogP contribution in [0.15, 0.2) is 23.1 Å². The number of hydrogen-bond acceptors (Lipinski definition) is 3. The molecule has 0 saturated carbocycles. The molecule has 0 saturated heterocycles. The van der Waals surface area contributed by atoms with Crippen molar-refractivity contribution in [2.24, 2.45) is 0 Å². The Morgan fingerprint density at radius 2 is 2.31 bits per heavy atom. The highest BCUT2D eigenvalue weighted by molar-refractivity contribution is 6.32. The van der Waals surface area contributed by atoms with E-state index in [1.807, 2.05) is 0 Å². The lowest BCUT2D eigenvalue weighted by atomic mass is 10.3. The summed E-state index contributed by atoms with van der Waals surface area (Å²) in [4.78, 5) is 17.2. The largest absolute Gasteiger partial charge is 0.340 e. The van der Waals surface area contributed by atoms with E-state index in [1.165, 1.54) is 0 Å². The van der Waals surface area contributed by atoms with Crippen LogP contribution in [0.25, 0.3) is 11.5 Å². The number of aromatic nitrogens is 4. The molecule has 0 aliphatic carbocycles. The molecule has 2 aromatic rings. The van der Waals surface area contributed by atoms with E-state index in [0.29, 0.717) is 16.5 Å². The van der Waals surface area contributed by atoms with Crippen molar-refractivity contribution in [3.05, 3.63) is 33.8 Å². The van der Waals surface area contributed by atoms with E-state index in [9.17, 15) is 4.79 Å². The van der Waals surface area contributed by atoms with Crippen molar-refractivity contribution in [2.75, 3.05) is 0 Å². The lowest BCUT2D eigenvalue weighted by Gasteiger charge is -1.95. The number of pyridine rings is 1. The highest BCUT2D eigenvalue weighted by Gasteiger charge is 2.07. The van der Waals surface area contributed by atoms with Gasteiger partial charge in [-0.15, -0.1) is 0 Å². The second kappa shape index (κ2) is 3.02. The first-order valence-electron chi connectivity index (χ1n) is 3.53. The predicted octanol–water partition coefficient (Wildman–Crippen LogP) is 0.813. The lowest BCUT2D eigenvalue weighted by Crippen LogP contribution is -2.00. The summed E-state index contributed by atoms with van der Waals surface area (Å²) in [6.07, 6.45) is 1.58. The lowest BCUT2D eigenvalue weighted by molar-refractivity contribution is 1.05. The first-order valence-corrected chi connectivity index (χ1v) is 3.91. The molecule has 6 heteroatoms. The number of aromatic amines is 2. The normalized spacial score (nSPS) is 10.2. The van der Waals surface area contributed by atoms with Crippen LogP contribution < -0.4 is 5.69 Å². The molecular formula is C7H5ClN4O. The SMILES string of the molecule is O=c1[nH]nc(-c2ncccc2Cl)[nH]1. The van der Waals surface area contributed by atoms with Gasteiger partial charge < -0.3 is 0 Å². The van der Waals surface area contributed by atoms with Crippen molar-refractivity contribution < 1.29 is 0 Å². The predicted molar refractivity (Wildman–Crippen MR) is 47.4 cm³/mol. The summed E-state index contributed by atoms with van der Waals surface area (Å²) >= 11 is 5.83. The average Bonchev–Trinajstić information content (AvgIpc) is 2.53.